The van der Waals surface area contributed by atoms with E-state index in [0.29, 0.717) is 5.92 Å². The lowest BCUT2D eigenvalue weighted by Crippen LogP contribution is -2.18. The second kappa shape index (κ2) is 6.11. The second-order valence-electron chi connectivity index (χ2n) is 4.88. The summed E-state index contributed by atoms with van der Waals surface area (Å²) in [4.78, 5) is 5.70. The molecule has 0 saturated heterocycles. The minimum atomic E-state index is 0.588. The van der Waals surface area contributed by atoms with Crippen molar-refractivity contribution < 1.29 is 0 Å². The first kappa shape index (κ1) is 13.2. The maximum absolute atomic E-state index is 4.30. The van der Waals surface area contributed by atoms with Crippen LogP contribution in [0.25, 0.3) is 0 Å². The van der Waals surface area contributed by atoms with Crippen molar-refractivity contribution in [2.75, 3.05) is 0 Å². The molecule has 2 aromatic heterocycles. The van der Waals surface area contributed by atoms with Crippen molar-refractivity contribution in [1.29, 1.82) is 0 Å². The van der Waals surface area contributed by atoms with E-state index in [1.54, 1.807) is 17.7 Å². The number of hydrogen-bond donors (Lipinski definition) is 1. The van der Waals surface area contributed by atoms with Crippen molar-refractivity contribution >= 4 is 11.3 Å². The van der Waals surface area contributed by atoms with Crippen LogP contribution in [0, 0.1) is 12.8 Å². The number of aryl methyl sites for hydroxylation is 1. The molecule has 1 N–H and O–H groups in total. The van der Waals surface area contributed by atoms with Crippen LogP contribution in [-0.4, -0.2) is 14.8 Å². The van der Waals surface area contributed by atoms with Crippen molar-refractivity contribution in [3.05, 3.63) is 34.0 Å². The molecule has 2 aromatic rings. The van der Waals surface area contributed by atoms with Gasteiger partial charge in [-0.3, -0.25) is 0 Å². The molecule has 0 bridgehead atoms. The van der Waals surface area contributed by atoms with Crippen molar-refractivity contribution in [3.63, 3.8) is 0 Å². The van der Waals surface area contributed by atoms with Gasteiger partial charge in [0, 0.05) is 18.0 Å². The third kappa shape index (κ3) is 3.40. The van der Waals surface area contributed by atoms with Gasteiger partial charge >= 0.3 is 0 Å². The van der Waals surface area contributed by atoms with E-state index >= 15 is 0 Å². The third-order valence-electron chi connectivity index (χ3n) is 2.77. The molecule has 2 rings (SSSR count). The van der Waals surface area contributed by atoms with E-state index in [0.717, 1.165) is 25.5 Å². The summed E-state index contributed by atoms with van der Waals surface area (Å²) >= 11 is 1.80. The van der Waals surface area contributed by atoms with Crippen molar-refractivity contribution in [2.45, 2.75) is 40.4 Å². The minimum Gasteiger partial charge on any atom is -0.305 e. The lowest BCUT2D eigenvalue weighted by molar-refractivity contribution is 0.457. The lowest BCUT2D eigenvalue weighted by atomic mass is 10.2. The van der Waals surface area contributed by atoms with Gasteiger partial charge < -0.3 is 5.32 Å². The van der Waals surface area contributed by atoms with Crippen LogP contribution in [0.15, 0.2) is 17.8 Å². The molecular weight excluding hydrogens is 244 g/mol. The van der Waals surface area contributed by atoms with Gasteiger partial charge in [-0.1, -0.05) is 13.8 Å². The van der Waals surface area contributed by atoms with Gasteiger partial charge in [-0.05, 0) is 29.9 Å². The standard InChI is InChI=1S/C13H20N4S/c1-10(2)8-17-13(15-9-16-17)7-14-6-12-11(3)4-5-18-12/h4-5,9-10,14H,6-8H2,1-3H3. The second-order valence-corrected chi connectivity index (χ2v) is 5.88. The Labute approximate surface area is 112 Å². The van der Waals surface area contributed by atoms with Crippen LogP contribution < -0.4 is 5.32 Å². The molecule has 0 saturated carbocycles. The maximum atomic E-state index is 4.30. The average Bonchev–Trinajstić information content (AvgIpc) is 2.89. The molecular formula is C13H20N4S. The molecule has 0 aliphatic heterocycles. The van der Waals surface area contributed by atoms with E-state index in [1.807, 2.05) is 4.68 Å². The van der Waals surface area contributed by atoms with Crippen LogP contribution in [0.3, 0.4) is 0 Å². The molecule has 0 unspecified atom stereocenters. The number of nitrogens with zero attached hydrogens (tertiary/aromatic N) is 3. The molecule has 98 valence electrons. The summed E-state index contributed by atoms with van der Waals surface area (Å²) in [5.41, 5.74) is 1.36. The Morgan fingerprint density at radius 2 is 2.22 bits per heavy atom. The number of nitrogens with one attached hydrogen (secondary N) is 1. The van der Waals surface area contributed by atoms with Gasteiger partial charge in [-0.15, -0.1) is 11.3 Å². The van der Waals surface area contributed by atoms with Crippen LogP contribution in [0.1, 0.15) is 30.1 Å². The summed E-state index contributed by atoms with van der Waals surface area (Å²) in [6.07, 6.45) is 1.63. The monoisotopic (exact) mass is 264 g/mol. The Hall–Kier alpha value is -1.20. The van der Waals surface area contributed by atoms with E-state index in [9.17, 15) is 0 Å². The molecule has 5 heteroatoms. The van der Waals surface area contributed by atoms with Gasteiger partial charge in [0.2, 0.25) is 0 Å². The molecule has 2 heterocycles. The Bertz CT molecular complexity index is 487. The highest BCUT2D eigenvalue weighted by Gasteiger charge is 2.06. The molecule has 0 aliphatic rings. The molecule has 18 heavy (non-hydrogen) atoms. The number of hydrogen-bond acceptors (Lipinski definition) is 4. The lowest BCUT2D eigenvalue weighted by Gasteiger charge is -2.09. The zero-order valence-electron chi connectivity index (χ0n) is 11.2. The Kier molecular flexibility index (Phi) is 4.49. The van der Waals surface area contributed by atoms with Crippen LogP contribution >= 0.6 is 11.3 Å². The number of thiophene rings is 1. The first-order valence-corrected chi connectivity index (χ1v) is 7.15. The van der Waals surface area contributed by atoms with E-state index in [-0.39, 0.29) is 0 Å². The van der Waals surface area contributed by atoms with Crippen molar-refractivity contribution in [2.24, 2.45) is 5.92 Å². The van der Waals surface area contributed by atoms with Crippen LogP contribution in [0.4, 0.5) is 0 Å². The summed E-state index contributed by atoms with van der Waals surface area (Å²) in [7, 11) is 0. The van der Waals surface area contributed by atoms with Gasteiger partial charge in [0.05, 0.1) is 6.54 Å². The highest BCUT2D eigenvalue weighted by molar-refractivity contribution is 7.10. The topological polar surface area (TPSA) is 42.7 Å². The van der Waals surface area contributed by atoms with Gasteiger partial charge in [-0.25, -0.2) is 9.67 Å². The zero-order chi connectivity index (χ0) is 13.0. The molecule has 0 fully saturated rings. The predicted molar refractivity (Wildman–Crippen MR) is 74.5 cm³/mol. The summed E-state index contributed by atoms with van der Waals surface area (Å²) in [5.74, 6) is 1.60. The van der Waals surface area contributed by atoms with Crippen LogP contribution in [0.2, 0.25) is 0 Å². The van der Waals surface area contributed by atoms with Gasteiger partial charge in [0.1, 0.15) is 12.2 Å². The van der Waals surface area contributed by atoms with Crippen LogP contribution in [0.5, 0.6) is 0 Å². The molecule has 0 aromatic carbocycles. The van der Waals surface area contributed by atoms with Crippen LogP contribution in [-0.2, 0) is 19.6 Å². The highest BCUT2D eigenvalue weighted by atomic mass is 32.1. The Morgan fingerprint density at radius 1 is 1.39 bits per heavy atom. The first-order valence-electron chi connectivity index (χ1n) is 6.27. The smallest absolute Gasteiger partial charge is 0.140 e. The fourth-order valence-corrected chi connectivity index (χ4v) is 2.67. The fourth-order valence-electron chi connectivity index (χ4n) is 1.80. The zero-order valence-corrected chi connectivity index (χ0v) is 12.0. The van der Waals surface area contributed by atoms with E-state index in [1.165, 1.54) is 10.4 Å². The predicted octanol–water partition coefficient (Wildman–Crippen LogP) is 2.59. The molecule has 0 spiro atoms. The van der Waals surface area contributed by atoms with Gasteiger partial charge in [0.15, 0.2) is 0 Å². The first-order chi connectivity index (χ1) is 8.66. The minimum absolute atomic E-state index is 0.588. The SMILES string of the molecule is Cc1ccsc1CNCc1ncnn1CC(C)C. The average molecular weight is 264 g/mol. The largest absolute Gasteiger partial charge is 0.305 e. The van der Waals surface area contributed by atoms with E-state index in [4.69, 9.17) is 0 Å². The quantitative estimate of drug-likeness (QED) is 0.872. The number of rotatable bonds is 6. The third-order valence-corrected chi connectivity index (χ3v) is 3.79. The van der Waals surface area contributed by atoms with Crippen molar-refractivity contribution in [3.8, 4) is 0 Å². The van der Waals surface area contributed by atoms with Gasteiger partial charge in [0.25, 0.3) is 0 Å². The summed E-state index contributed by atoms with van der Waals surface area (Å²) in [5, 5.41) is 9.82. The normalized spacial score (nSPS) is 11.3. The van der Waals surface area contributed by atoms with E-state index in [2.05, 4.69) is 47.6 Å². The Morgan fingerprint density at radius 3 is 2.89 bits per heavy atom. The summed E-state index contributed by atoms with van der Waals surface area (Å²) < 4.78 is 1.99. The van der Waals surface area contributed by atoms with Crippen molar-refractivity contribution in [1.82, 2.24) is 20.1 Å². The van der Waals surface area contributed by atoms with E-state index < -0.39 is 0 Å². The van der Waals surface area contributed by atoms with Gasteiger partial charge in [-0.2, -0.15) is 5.10 Å². The maximum Gasteiger partial charge on any atom is 0.140 e. The summed E-state index contributed by atoms with van der Waals surface area (Å²) in [6.45, 7) is 9.12. The highest BCUT2D eigenvalue weighted by Crippen LogP contribution is 2.14. The molecule has 0 amide bonds. The Balaban J connectivity index is 1.87. The summed E-state index contributed by atoms with van der Waals surface area (Å²) in [6, 6.07) is 2.16. The molecule has 0 radical (unpaired) electrons. The fraction of sp³-hybridized carbons (Fsp3) is 0.538. The molecule has 4 nitrogen and oxygen atoms in total. The molecule has 0 atom stereocenters. The molecule has 0 aliphatic carbocycles. The number of aromatic nitrogens is 3.